The fourth-order valence-electron chi connectivity index (χ4n) is 0.629. The maximum atomic E-state index is 9.08. The van der Waals surface area contributed by atoms with Crippen LogP contribution in [0.2, 0.25) is 10.0 Å². The lowest BCUT2D eigenvalue weighted by molar-refractivity contribution is 0.478. The molecule has 0 saturated carbocycles. The first kappa shape index (κ1) is 8.12. The molecule has 1 aromatic rings. The molecule has 0 spiro atoms. The van der Waals surface area contributed by atoms with Gasteiger partial charge in [-0.25, -0.2) is 0 Å². The normalized spacial score (nSPS) is 9.18. The SMILES string of the molecule is N#[N+]c1cc(Cl)cc(Cl)c1O. The van der Waals surface area contributed by atoms with Crippen molar-refractivity contribution < 1.29 is 5.11 Å². The van der Waals surface area contributed by atoms with E-state index in [1.165, 1.54) is 12.1 Å². The molecule has 0 aliphatic rings. The monoisotopic (exact) mass is 189 g/mol. The Labute approximate surface area is 72.8 Å². The topological polar surface area (TPSA) is 48.4 Å². The molecule has 0 aliphatic carbocycles. The Hall–Kier alpha value is -0.980. The van der Waals surface area contributed by atoms with Crippen molar-refractivity contribution in [3.8, 4) is 5.75 Å². The van der Waals surface area contributed by atoms with Gasteiger partial charge in [0.15, 0.2) is 4.98 Å². The molecule has 0 amide bonds. The summed E-state index contributed by atoms with van der Waals surface area (Å²) < 4.78 is 0. The largest absolute Gasteiger partial charge is 0.500 e. The van der Waals surface area contributed by atoms with Crippen molar-refractivity contribution in [2.24, 2.45) is 0 Å². The molecule has 0 radical (unpaired) electrons. The zero-order valence-electron chi connectivity index (χ0n) is 5.25. The summed E-state index contributed by atoms with van der Waals surface area (Å²) in [5, 5.41) is 17.8. The summed E-state index contributed by atoms with van der Waals surface area (Å²) >= 11 is 11.0. The maximum absolute atomic E-state index is 9.08. The summed E-state index contributed by atoms with van der Waals surface area (Å²) in [4.78, 5) is 2.77. The number of aromatic hydroxyl groups is 1. The van der Waals surface area contributed by atoms with Gasteiger partial charge in [0.2, 0.25) is 11.1 Å². The summed E-state index contributed by atoms with van der Waals surface area (Å²) in [7, 11) is 0. The van der Waals surface area contributed by atoms with Gasteiger partial charge in [0.25, 0.3) is 0 Å². The Kier molecular flexibility index (Phi) is 2.18. The van der Waals surface area contributed by atoms with Crippen molar-refractivity contribution in [3.63, 3.8) is 0 Å². The van der Waals surface area contributed by atoms with Crippen LogP contribution >= 0.6 is 23.2 Å². The first-order valence-corrected chi connectivity index (χ1v) is 3.44. The zero-order chi connectivity index (χ0) is 8.43. The Bertz CT molecular complexity index is 332. The fraction of sp³-hybridized carbons (Fsp3) is 0. The molecule has 0 heterocycles. The van der Waals surface area contributed by atoms with E-state index < -0.39 is 0 Å². The van der Waals surface area contributed by atoms with Gasteiger partial charge in [0, 0.05) is 0 Å². The van der Waals surface area contributed by atoms with E-state index in [0.29, 0.717) is 5.02 Å². The average molecular weight is 190 g/mol. The van der Waals surface area contributed by atoms with E-state index in [4.69, 9.17) is 33.7 Å². The molecular weight excluding hydrogens is 187 g/mol. The second-order valence-electron chi connectivity index (χ2n) is 1.86. The van der Waals surface area contributed by atoms with E-state index in [0.717, 1.165) is 0 Å². The van der Waals surface area contributed by atoms with E-state index in [1.54, 1.807) is 0 Å². The number of phenols is 1. The predicted molar refractivity (Wildman–Crippen MR) is 42.9 cm³/mol. The van der Waals surface area contributed by atoms with Gasteiger partial charge < -0.3 is 5.11 Å². The van der Waals surface area contributed by atoms with E-state index >= 15 is 0 Å². The standard InChI is InChI=1S/C6H2Cl2N2O/c7-3-1-4(8)6(11)5(2-3)10-9/h1-2H/p+1. The lowest BCUT2D eigenvalue weighted by Gasteiger charge is -1.91. The van der Waals surface area contributed by atoms with Gasteiger partial charge in [-0.2, -0.15) is 0 Å². The van der Waals surface area contributed by atoms with Crippen LogP contribution in [0, 0.1) is 5.39 Å². The molecule has 1 N–H and O–H groups in total. The van der Waals surface area contributed by atoms with E-state index in [2.05, 4.69) is 4.98 Å². The Morgan fingerprint density at radius 1 is 1.36 bits per heavy atom. The highest BCUT2D eigenvalue weighted by atomic mass is 35.5. The number of hydrogen-bond acceptors (Lipinski definition) is 2. The van der Waals surface area contributed by atoms with E-state index in [1.807, 2.05) is 0 Å². The molecule has 3 nitrogen and oxygen atoms in total. The van der Waals surface area contributed by atoms with Gasteiger partial charge in [-0.15, -0.1) is 0 Å². The number of benzene rings is 1. The molecule has 56 valence electrons. The molecule has 11 heavy (non-hydrogen) atoms. The molecule has 1 rings (SSSR count). The van der Waals surface area contributed by atoms with Gasteiger partial charge in [-0.05, 0) is 6.07 Å². The number of diazo groups is 1. The van der Waals surface area contributed by atoms with Crippen molar-refractivity contribution in [3.05, 3.63) is 27.2 Å². The van der Waals surface area contributed by atoms with E-state index in [9.17, 15) is 0 Å². The molecule has 0 saturated heterocycles. The molecule has 1 aromatic carbocycles. The van der Waals surface area contributed by atoms with Crippen LogP contribution in [-0.4, -0.2) is 5.11 Å². The molecule has 0 aromatic heterocycles. The number of nitrogens with zero attached hydrogens (tertiary/aromatic N) is 2. The first-order chi connectivity index (χ1) is 5.15. The Balaban J connectivity index is 3.39. The molecule has 0 fully saturated rings. The number of phenolic OH excluding ortho intramolecular Hbond substituents is 1. The van der Waals surface area contributed by atoms with Crippen LogP contribution in [-0.2, 0) is 0 Å². The highest BCUT2D eigenvalue weighted by molar-refractivity contribution is 6.36. The van der Waals surface area contributed by atoms with Crippen molar-refractivity contribution in [1.29, 1.82) is 5.39 Å². The Morgan fingerprint density at radius 3 is 2.55 bits per heavy atom. The molecule has 0 bridgehead atoms. The van der Waals surface area contributed by atoms with Crippen molar-refractivity contribution in [2.75, 3.05) is 0 Å². The number of halogens is 2. The van der Waals surface area contributed by atoms with Gasteiger partial charge in [0.1, 0.15) is 0 Å². The van der Waals surface area contributed by atoms with Crippen molar-refractivity contribution >= 4 is 28.9 Å². The van der Waals surface area contributed by atoms with Gasteiger partial charge in [-0.3, -0.25) is 0 Å². The van der Waals surface area contributed by atoms with Crippen LogP contribution in [0.1, 0.15) is 0 Å². The van der Waals surface area contributed by atoms with Crippen LogP contribution in [0.3, 0.4) is 0 Å². The van der Waals surface area contributed by atoms with Crippen molar-refractivity contribution in [1.82, 2.24) is 0 Å². The summed E-state index contributed by atoms with van der Waals surface area (Å²) in [5.74, 6) is -0.279. The lowest BCUT2D eigenvalue weighted by Crippen LogP contribution is -1.69. The third-order valence-corrected chi connectivity index (χ3v) is 1.62. The molecular formula is C6H3Cl2N2O+. The average Bonchev–Trinajstić information content (AvgIpc) is 1.96. The van der Waals surface area contributed by atoms with Crippen LogP contribution < -0.4 is 0 Å². The van der Waals surface area contributed by atoms with Gasteiger partial charge in [0.05, 0.1) is 16.1 Å². The minimum absolute atomic E-state index is 0.0394. The smallest absolute Gasteiger partial charge is 0.429 e. The minimum Gasteiger partial charge on any atom is -0.500 e. The number of hydrogen-bond donors (Lipinski definition) is 1. The third kappa shape index (κ3) is 1.53. The highest BCUT2D eigenvalue weighted by Crippen LogP contribution is 2.36. The first-order valence-electron chi connectivity index (χ1n) is 2.68. The molecule has 0 unspecified atom stereocenters. The molecule has 0 atom stereocenters. The summed E-state index contributed by atoms with van der Waals surface area (Å²) in [6, 6.07) is 2.65. The van der Waals surface area contributed by atoms with Crippen LogP contribution in [0.25, 0.3) is 4.98 Å². The minimum atomic E-state index is -0.279. The van der Waals surface area contributed by atoms with Crippen molar-refractivity contribution in [2.45, 2.75) is 0 Å². The third-order valence-electron chi connectivity index (χ3n) is 1.12. The summed E-state index contributed by atoms with van der Waals surface area (Å²) in [5.41, 5.74) is -0.0394. The van der Waals surface area contributed by atoms with Gasteiger partial charge in [-0.1, -0.05) is 23.2 Å². The Morgan fingerprint density at radius 2 is 2.00 bits per heavy atom. The predicted octanol–water partition coefficient (Wildman–Crippen LogP) is 3.18. The summed E-state index contributed by atoms with van der Waals surface area (Å²) in [6.45, 7) is 0. The fourth-order valence-corrected chi connectivity index (χ4v) is 1.11. The highest BCUT2D eigenvalue weighted by Gasteiger charge is 2.17. The second kappa shape index (κ2) is 2.95. The molecule has 0 aliphatic heterocycles. The lowest BCUT2D eigenvalue weighted by atomic mass is 10.3. The maximum Gasteiger partial charge on any atom is 0.429 e. The number of rotatable bonds is 0. The van der Waals surface area contributed by atoms with Crippen LogP contribution in [0.4, 0.5) is 5.69 Å². The zero-order valence-corrected chi connectivity index (χ0v) is 6.76. The van der Waals surface area contributed by atoms with Crippen LogP contribution in [0.5, 0.6) is 5.75 Å². The quantitative estimate of drug-likeness (QED) is 0.638. The molecule has 5 heteroatoms. The van der Waals surface area contributed by atoms with Gasteiger partial charge >= 0.3 is 5.69 Å². The van der Waals surface area contributed by atoms with E-state index in [-0.39, 0.29) is 16.5 Å². The second-order valence-corrected chi connectivity index (χ2v) is 2.70. The van der Waals surface area contributed by atoms with Crippen LogP contribution in [0.15, 0.2) is 12.1 Å². The summed E-state index contributed by atoms with van der Waals surface area (Å²) in [6.07, 6.45) is 0.